The van der Waals surface area contributed by atoms with Gasteiger partial charge in [0.1, 0.15) is 0 Å². The number of nitrogens with zero attached hydrogens (tertiary/aromatic N) is 4. The van der Waals surface area contributed by atoms with Crippen LogP contribution >= 0.6 is 0 Å². The van der Waals surface area contributed by atoms with Crippen LogP contribution in [0.3, 0.4) is 0 Å². The average Bonchev–Trinajstić information content (AvgIpc) is 2.83. The van der Waals surface area contributed by atoms with Crippen LogP contribution in [0, 0.1) is 24.7 Å². The zero-order chi connectivity index (χ0) is 20.5. The van der Waals surface area contributed by atoms with Gasteiger partial charge in [-0.15, -0.1) is 12.8 Å². The summed E-state index contributed by atoms with van der Waals surface area (Å²) in [5, 5.41) is 3.15. The van der Waals surface area contributed by atoms with Crippen molar-refractivity contribution < 1.29 is 0 Å². The molecule has 0 unspecified atom stereocenters. The molecule has 0 aliphatic heterocycles. The highest BCUT2D eigenvalue weighted by molar-refractivity contribution is 6.07. The molecule has 0 bridgehead atoms. The highest BCUT2D eigenvalue weighted by atomic mass is 14.8. The van der Waals surface area contributed by atoms with Gasteiger partial charge in [-0.05, 0) is 53.9 Å². The Morgan fingerprint density at radius 2 is 1.20 bits per heavy atom. The van der Waals surface area contributed by atoms with Crippen LogP contribution in [0.4, 0.5) is 0 Å². The summed E-state index contributed by atoms with van der Waals surface area (Å²) in [4.78, 5) is 18.2. The van der Waals surface area contributed by atoms with E-state index in [9.17, 15) is 0 Å². The van der Waals surface area contributed by atoms with E-state index in [-0.39, 0.29) is 0 Å². The molecular formula is C26H14N4. The lowest BCUT2D eigenvalue weighted by Crippen LogP contribution is -1.91. The van der Waals surface area contributed by atoms with E-state index >= 15 is 0 Å². The molecule has 4 aromatic heterocycles. The topological polar surface area (TPSA) is 51.6 Å². The zero-order valence-corrected chi connectivity index (χ0v) is 15.9. The second-order valence-corrected chi connectivity index (χ2v) is 6.77. The predicted octanol–water partition coefficient (Wildman–Crippen LogP) is 4.87. The molecule has 0 spiro atoms. The van der Waals surface area contributed by atoms with Gasteiger partial charge in [0.15, 0.2) is 0 Å². The zero-order valence-electron chi connectivity index (χ0n) is 15.9. The third-order valence-electron chi connectivity index (χ3n) is 4.96. The van der Waals surface area contributed by atoms with Gasteiger partial charge in [0.25, 0.3) is 0 Å². The van der Waals surface area contributed by atoms with Gasteiger partial charge in [-0.2, -0.15) is 0 Å². The summed E-state index contributed by atoms with van der Waals surface area (Å²) in [6.07, 6.45) is 16.0. The minimum atomic E-state index is 0.741. The molecule has 30 heavy (non-hydrogen) atoms. The van der Waals surface area contributed by atoms with Gasteiger partial charge < -0.3 is 0 Å². The van der Waals surface area contributed by atoms with E-state index < -0.39 is 0 Å². The molecule has 4 heteroatoms. The normalized spacial score (nSPS) is 10.6. The van der Waals surface area contributed by atoms with Gasteiger partial charge in [-0.3, -0.25) is 15.0 Å². The van der Waals surface area contributed by atoms with Crippen LogP contribution in [0.25, 0.3) is 44.5 Å². The number of fused-ring (bicyclic) bond motifs is 3. The molecule has 0 aliphatic rings. The lowest BCUT2D eigenvalue weighted by Gasteiger charge is -2.08. The van der Waals surface area contributed by atoms with Crippen LogP contribution in [-0.4, -0.2) is 19.9 Å². The molecule has 0 radical (unpaired) electrons. The molecular weight excluding hydrogens is 368 g/mol. The summed E-state index contributed by atoms with van der Waals surface area (Å²) in [6.45, 7) is 0. The average molecular weight is 382 g/mol. The van der Waals surface area contributed by atoms with Gasteiger partial charge in [-0.25, -0.2) is 4.98 Å². The Balaban J connectivity index is 1.62. The maximum atomic E-state index is 5.42. The second kappa shape index (κ2) is 7.13. The molecule has 0 saturated carbocycles. The van der Waals surface area contributed by atoms with E-state index in [2.05, 4.69) is 32.9 Å². The third-order valence-corrected chi connectivity index (χ3v) is 4.96. The first-order valence-electron chi connectivity index (χ1n) is 9.31. The second-order valence-electron chi connectivity index (χ2n) is 6.77. The summed E-state index contributed by atoms with van der Waals surface area (Å²) >= 11 is 0. The number of hydrogen-bond donors (Lipinski definition) is 0. The van der Waals surface area contributed by atoms with Gasteiger partial charge in [0.05, 0.1) is 28.3 Å². The Labute approximate surface area is 173 Å². The van der Waals surface area contributed by atoms with E-state index in [4.69, 9.17) is 17.8 Å². The maximum Gasteiger partial charge on any atom is 0.0893 e. The molecule has 4 nitrogen and oxygen atoms in total. The van der Waals surface area contributed by atoms with Crippen LogP contribution < -0.4 is 0 Å². The molecule has 4 heterocycles. The highest BCUT2D eigenvalue weighted by Gasteiger charge is 2.09. The first kappa shape index (κ1) is 17.6. The van der Waals surface area contributed by atoms with Crippen molar-refractivity contribution in [1.82, 2.24) is 19.9 Å². The SMILES string of the molecule is C#Cc1ccc(-c2cc3c(ccc4nc(-c5ccc(C#C)cn5)ccc43)cn2)nc1. The van der Waals surface area contributed by atoms with Gasteiger partial charge >= 0.3 is 0 Å². The molecule has 0 N–H and O–H groups in total. The van der Waals surface area contributed by atoms with Crippen molar-refractivity contribution in [3.63, 3.8) is 0 Å². The number of rotatable bonds is 2. The number of aromatic nitrogens is 4. The first-order valence-corrected chi connectivity index (χ1v) is 9.31. The van der Waals surface area contributed by atoms with Crippen molar-refractivity contribution in [2.75, 3.05) is 0 Å². The maximum absolute atomic E-state index is 5.42. The van der Waals surface area contributed by atoms with Crippen molar-refractivity contribution in [2.45, 2.75) is 0 Å². The van der Waals surface area contributed by atoms with Crippen LogP contribution in [-0.2, 0) is 0 Å². The Morgan fingerprint density at radius 1 is 0.567 bits per heavy atom. The number of pyridine rings is 4. The summed E-state index contributed by atoms with van der Waals surface area (Å²) in [5.41, 5.74) is 5.51. The molecule has 0 amide bonds. The van der Waals surface area contributed by atoms with Gasteiger partial charge in [-0.1, -0.05) is 17.9 Å². The molecule has 0 aliphatic carbocycles. The largest absolute Gasteiger partial charge is 0.254 e. The van der Waals surface area contributed by atoms with Crippen LogP contribution in [0.2, 0.25) is 0 Å². The fraction of sp³-hybridized carbons (Fsp3) is 0. The highest BCUT2D eigenvalue weighted by Crippen LogP contribution is 2.29. The van der Waals surface area contributed by atoms with Gasteiger partial charge in [0, 0.05) is 40.5 Å². The Hall–Kier alpha value is -4.54. The van der Waals surface area contributed by atoms with Crippen LogP contribution in [0.15, 0.2) is 73.2 Å². The first-order chi connectivity index (χ1) is 14.7. The quantitative estimate of drug-likeness (QED) is 0.323. The molecule has 0 fully saturated rings. The Bertz CT molecular complexity index is 1490. The Morgan fingerprint density at radius 3 is 1.83 bits per heavy atom. The fourth-order valence-electron chi connectivity index (χ4n) is 3.37. The number of benzene rings is 1. The predicted molar refractivity (Wildman–Crippen MR) is 119 cm³/mol. The van der Waals surface area contributed by atoms with Crippen molar-refractivity contribution in [3.8, 4) is 47.5 Å². The molecule has 0 atom stereocenters. The van der Waals surface area contributed by atoms with Crippen molar-refractivity contribution >= 4 is 21.7 Å². The summed E-state index contributed by atoms with van der Waals surface area (Å²) < 4.78 is 0. The van der Waals surface area contributed by atoms with Crippen molar-refractivity contribution in [1.29, 1.82) is 0 Å². The summed E-state index contributed by atoms with van der Waals surface area (Å²) in [7, 11) is 0. The van der Waals surface area contributed by atoms with Crippen LogP contribution in [0.5, 0.6) is 0 Å². The molecule has 138 valence electrons. The van der Waals surface area contributed by atoms with E-state index in [0.29, 0.717) is 0 Å². The van der Waals surface area contributed by atoms with Crippen molar-refractivity contribution in [2.24, 2.45) is 0 Å². The molecule has 1 aromatic carbocycles. The smallest absolute Gasteiger partial charge is 0.0893 e. The van der Waals surface area contributed by atoms with Gasteiger partial charge in [0.2, 0.25) is 0 Å². The lowest BCUT2D eigenvalue weighted by atomic mass is 10.0. The lowest BCUT2D eigenvalue weighted by molar-refractivity contribution is 1.25. The van der Waals surface area contributed by atoms with E-state index in [1.54, 1.807) is 12.4 Å². The van der Waals surface area contributed by atoms with Crippen LogP contribution in [0.1, 0.15) is 11.1 Å². The minimum Gasteiger partial charge on any atom is -0.254 e. The fourth-order valence-corrected chi connectivity index (χ4v) is 3.37. The summed E-state index contributed by atoms with van der Waals surface area (Å²) in [5.74, 6) is 5.16. The third kappa shape index (κ3) is 3.03. The Kier molecular flexibility index (Phi) is 4.17. The molecule has 5 rings (SSSR count). The van der Waals surface area contributed by atoms with Crippen molar-refractivity contribution in [3.05, 3.63) is 84.3 Å². The van der Waals surface area contributed by atoms with E-state index in [1.165, 1.54) is 0 Å². The standard InChI is InChI=1S/C26H14N4/c1-3-17-5-9-23(27-14-17)25-12-8-20-21-13-26(24-10-6-18(4-2)15-28-24)29-16-19(21)7-11-22(20)30-25/h1-2,5-16H. The monoisotopic (exact) mass is 382 g/mol. The molecule has 5 aromatic rings. The van der Waals surface area contributed by atoms with E-state index in [0.717, 1.165) is 55.6 Å². The summed E-state index contributed by atoms with van der Waals surface area (Å²) in [6, 6.07) is 17.6. The number of terminal acetylenes is 2. The molecule has 0 saturated heterocycles. The minimum absolute atomic E-state index is 0.741. The van der Waals surface area contributed by atoms with E-state index in [1.807, 2.05) is 54.7 Å². The number of hydrogen-bond acceptors (Lipinski definition) is 4.